The Labute approximate surface area is 88.4 Å². The first-order valence-corrected chi connectivity index (χ1v) is 6.09. The predicted molar refractivity (Wildman–Crippen MR) is 60.5 cm³/mol. The van der Waals surface area contributed by atoms with Crippen LogP contribution in [-0.4, -0.2) is 25.8 Å². The molecule has 2 unspecified atom stereocenters. The van der Waals surface area contributed by atoms with Crippen molar-refractivity contribution in [2.45, 2.75) is 58.1 Å². The Morgan fingerprint density at radius 2 is 2.07 bits per heavy atom. The van der Waals surface area contributed by atoms with Crippen LogP contribution in [0.15, 0.2) is 0 Å². The summed E-state index contributed by atoms with van der Waals surface area (Å²) in [7, 11) is 1.85. The first kappa shape index (κ1) is 12.0. The van der Waals surface area contributed by atoms with Gasteiger partial charge >= 0.3 is 0 Å². The van der Waals surface area contributed by atoms with Crippen molar-refractivity contribution in [1.29, 1.82) is 0 Å². The van der Waals surface area contributed by atoms with Crippen molar-refractivity contribution in [2.24, 2.45) is 5.92 Å². The lowest BCUT2D eigenvalue weighted by Crippen LogP contribution is -2.48. The maximum absolute atomic E-state index is 5.60. The molecular formula is C12H25NO. The average Bonchev–Trinajstić information content (AvgIpc) is 2.11. The molecule has 0 aliphatic heterocycles. The molecule has 0 spiro atoms. The number of ether oxygens (including phenoxy) is 1. The molecule has 1 rings (SSSR count). The molecule has 0 bridgehead atoms. The molecule has 1 N–H and O–H groups in total. The van der Waals surface area contributed by atoms with Crippen LogP contribution < -0.4 is 5.32 Å². The minimum absolute atomic E-state index is 0.422. The van der Waals surface area contributed by atoms with E-state index in [-0.39, 0.29) is 0 Å². The monoisotopic (exact) mass is 199 g/mol. The SMILES string of the molecule is CCCC(OC)C(NCC)C1CCC1. The Balaban J connectivity index is 2.44. The summed E-state index contributed by atoms with van der Waals surface area (Å²) in [6.45, 7) is 5.48. The number of nitrogens with one attached hydrogen (secondary N) is 1. The van der Waals surface area contributed by atoms with Gasteiger partial charge in [0.2, 0.25) is 0 Å². The normalized spacial score (nSPS) is 21.6. The number of methoxy groups -OCH3 is 1. The summed E-state index contributed by atoms with van der Waals surface area (Å²) < 4.78 is 5.60. The Morgan fingerprint density at radius 3 is 2.43 bits per heavy atom. The third-order valence-corrected chi connectivity index (χ3v) is 3.37. The molecule has 2 nitrogen and oxygen atoms in total. The third-order valence-electron chi connectivity index (χ3n) is 3.37. The highest BCUT2D eigenvalue weighted by Crippen LogP contribution is 2.32. The van der Waals surface area contributed by atoms with Crippen LogP contribution in [0.5, 0.6) is 0 Å². The van der Waals surface area contributed by atoms with E-state index in [9.17, 15) is 0 Å². The molecular weight excluding hydrogens is 174 g/mol. The quantitative estimate of drug-likeness (QED) is 0.680. The molecule has 0 aromatic carbocycles. The van der Waals surface area contributed by atoms with Gasteiger partial charge in [-0.2, -0.15) is 0 Å². The lowest BCUT2D eigenvalue weighted by molar-refractivity contribution is 0.0246. The van der Waals surface area contributed by atoms with Gasteiger partial charge in [-0.25, -0.2) is 0 Å². The fourth-order valence-electron chi connectivity index (χ4n) is 2.36. The van der Waals surface area contributed by atoms with Crippen molar-refractivity contribution < 1.29 is 4.74 Å². The van der Waals surface area contributed by atoms with Crippen LogP contribution in [0.3, 0.4) is 0 Å². The van der Waals surface area contributed by atoms with Crippen molar-refractivity contribution >= 4 is 0 Å². The van der Waals surface area contributed by atoms with E-state index < -0.39 is 0 Å². The number of rotatable bonds is 7. The van der Waals surface area contributed by atoms with Crippen LogP contribution in [0.4, 0.5) is 0 Å². The van der Waals surface area contributed by atoms with Gasteiger partial charge in [0.15, 0.2) is 0 Å². The molecule has 1 aliphatic carbocycles. The second kappa shape index (κ2) is 6.41. The first-order valence-electron chi connectivity index (χ1n) is 6.09. The van der Waals surface area contributed by atoms with Gasteiger partial charge in [0.25, 0.3) is 0 Å². The highest BCUT2D eigenvalue weighted by molar-refractivity contribution is 4.88. The summed E-state index contributed by atoms with van der Waals surface area (Å²) in [6, 6.07) is 0.596. The molecule has 2 atom stereocenters. The van der Waals surface area contributed by atoms with Gasteiger partial charge < -0.3 is 10.1 Å². The van der Waals surface area contributed by atoms with Crippen LogP contribution in [0.25, 0.3) is 0 Å². The van der Waals surface area contributed by atoms with Crippen molar-refractivity contribution in [3.63, 3.8) is 0 Å². The molecule has 14 heavy (non-hydrogen) atoms. The van der Waals surface area contributed by atoms with E-state index in [1.807, 2.05) is 7.11 Å². The van der Waals surface area contributed by atoms with Gasteiger partial charge in [0.05, 0.1) is 6.10 Å². The lowest BCUT2D eigenvalue weighted by Gasteiger charge is -2.38. The maximum atomic E-state index is 5.60. The Hall–Kier alpha value is -0.0800. The number of hydrogen-bond donors (Lipinski definition) is 1. The largest absolute Gasteiger partial charge is 0.380 e. The molecule has 1 aliphatic rings. The van der Waals surface area contributed by atoms with Gasteiger partial charge in [-0.3, -0.25) is 0 Å². The van der Waals surface area contributed by atoms with Gasteiger partial charge in [0.1, 0.15) is 0 Å². The lowest BCUT2D eigenvalue weighted by atomic mass is 9.77. The van der Waals surface area contributed by atoms with E-state index in [4.69, 9.17) is 4.74 Å². The van der Waals surface area contributed by atoms with Crippen molar-refractivity contribution in [2.75, 3.05) is 13.7 Å². The second-order valence-electron chi connectivity index (χ2n) is 4.34. The molecule has 2 heteroatoms. The molecule has 0 amide bonds. The van der Waals surface area contributed by atoms with Gasteiger partial charge in [-0.15, -0.1) is 0 Å². The number of hydrogen-bond acceptors (Lipinski definition) is 2. The van der Waals surface area contributed by atoms with E-state index in [2.05, 4.69) is 19.2 Å². The molecule has 0 radical (unpaired) electrons. The summed E-state index contributed by atoms with van der Waals surface area (Å²) in [5.74, 6) is 0.867. The highest BCUT2D eigenvalue weighted by atomic mass is 16.5. The Morgan fingerprint density at radius 1 is 1.36 bits per heavy atom. The van der Waals surface area contributed by atoms with Gasteiger partial charge in [-0.05, 0) is 31.7 Å². The summed E-state index contributed by atoms with van der Waals surface area (Å²) in [4.78, 5) is 0. The fraction of sp³-hybridized carbons (Fsp3) is 1.00. The Kier molecular flexibility index (Phi) is 5.49. The van der Waals surface area contributed by atoms with Crippen LogP contribution in [0, 0.1) is 5.92 Å². The van der Waals surface area contributed by atoms with Gasteiger partial charge in [0, 0.05) is 13.2 Å². The standard InChI is InChI=1S/C12H25NO/c1-4-7-11(14-3)12(13-5-2)10-8-6-9-10/h10-13H,4-9H2,1-3H3. The maximum Gasteiger partial charge on any atom is 0.0726 e. The van der Waals surface area contributed by atoms with Crippen LogP contribution >= 0.6 is 0 Å². The van der Waals surface area contributed by atoms with Crippen LogP contribution in [0.1, 0.15) is 46.0 Å². The summed E-state index contributed by atoms with van der Waals surface area (Å²) >= 11 is 0. The smallest absolute Gasteiger partial charge is 0.0726 e. The minimum atomic E-state index is 0.422. The van der Waals surface area contributed by atoms with Crippen molar-refractivity contribution in [1.82, 2.24) is 5.32 Å². The van der Waals surface area contributed by atoms with E-state index in [1.165, 1.54) is 32.1 Å². The van der Waals surface area contributed by atoms with Gasteiger partial charge in [-0.1, -0.05) is 26.7 Å². The fourth-order valence-corrected chi connectivity index (χ4v) is 2.36. The molecule has 1 fully saturated rings. The summed E-state index contributed by atoms with van der Waals surface area (Å²) in [6.07, 6.45) is 7.01. The highest BCUT2D eigenvalue weighted by Gasteiger charge is 2.32. The summed E-state index contributed by atoms with van der Waals surface area (Å²) in [5.41, 5.74) is 0. The van der Waals surface area contributed by atoms with Crippen molar-refractivity contribution in [3.05, 3.63) is 0 Å². The van der Waals surface area contributed by atoms with E-state index in [1.54, 1.807) is 0 Å². The predicted octanol–water partition coefficient (Wildman–Crippen LogP) is 2.58. The zero-order valence-electron chi connectivity index (χ0n) is 9.88. The molecule has 1 saturated carbocycles. The van der Waals surface area contributed by atoms with E-state index in [0.29, 0.717) is 12.1 Å². The van der Waals surface area contributed by atoms with Crippen LogP contribution in [-0.2, 0) is 4.74 Å². The molecule has 0 aromatic heterocycles. The Bertz CT molecular complexity index is 145. The summed E-state index contributed by atoms with van der Waals surface area (Å²) in [5, 5.41) is 3.60. The van der Waals surface area contributed by atoms with E-state index >= 15 is 0 Å². The molecule has 0 heterocycles. The third kappa shape index (κ3) is 2.96. The zero-order valence-corrected chi connectivity index (χ0v) is 9.88. The molecule has 0 aromatic rings. The van der Waals surface area contributed by atoms with Crippen molar-refractivity contribution in [3.8, 4) is 0 Å². The number of likely N-dealkylation sites (N-methyl/N-ethyl adjacent to an activating group) is 1. The van der Waals surface area contributed by atoms with Crippen LogP contribution in [0.2, 0.25) is 0 Å². The first-order chi connectivity index (χ1) is 6.83. The molecule has 84 valence electrons. The second-order valence-corrected chi connectivity index (χ2v) is 4.34. The minimum Gasteiger partial charge on any atom is -0.380 e. The zero-order chi connectivity index (χ0) is 10.4. The molecule has 0 saturated heterocycles. The topological polar surface area (TPSA) is 21.3 Å². The average molecular weight is 199 g/mol. The van der Waals surface area contributed by atoms with E-state index in [0.717, 1.165) is 12.5 Å².